The quantitative estimate of drug-likeness (QED) is 0.812. The summed E-state index contributed by atoms with van der Waals surface area (Å²) in [5.74, 6) is -1.19. The fourth-order valence-electron chi connectivity index (χ4n) is 2.24. The number of amides is 1. The van der Waals surface area contributed by atoms with E-state index in [1.54, 1.807) is 11.8 Å². The van der Waals surface area contributed by atoms with Crippen molar-refractivity contribution in [1.82, 2.24) is 4.90 Å². The molecular weight excluding hydrogens is 260 g/mol. The van der Waals surface area contributed by atoms with E-state index in [1.807, 2.05) is 30.3 Å². The highest BCUT2D eigenvalue weighted by molar-refractivity contribution is 5.84. The number of carbonyl (C=O) groups excluding carboxylic acids is 1. The number of nitrogens with zero attached hydrogens (tertiary/aromatic N) is 1. The highest BCUT2D eigenvalue weighted by Crippen LogP contribution is 2.27. The van der Waals surface area contributed by atoms with Crippen molar-refractivity contribution in [3.05, 3.63) is 35.9 Å². The van der Waals surface area contributed by atoms with Gasteiger partial charge >= 0.3 is 5.97 Å². The number of rotatable bonds is 5. The van der Waals surface area contributed by atoms with Crippen LogP contribution in [0.2, 0.25) is 0 Å². The van der Waals surface area contributed by atoms with Gasteiger partial charge in [0.2, 0.25) is 5.91 Å². The van der Waals surface area contributed by atoms with Crippen molar-refractivity contribution in [3.8, 4) is 0 Å². The molecule has 1 fully saturated rings. The third-order valence-electron chi connectivity index (χ3n) is 3.33. The summed E-state index contributed by atoms with van der Waals surface area (Å²) in [6.45, 7) is 2.15. The number of carboxylic acid groups (broad SMARTS) is 1. The average molecular weight is 278 g/mol. The molecule has 1 heterocycles. The van der Waals surface area contributed by atoms with Gasteiger partial charge in [-0.05, 0) is 12.5 Å². The minimum Gasteiger partial charge on any atom is -0.480 e. The molecule has 3 N–H and O–H groups in total. The first-order chi connectivity index (χ1) is 9.41. The Morgan fingerprint density at radius 1 is 1.40 bits per heavy atom. The molecule has 1 aromatic rings. The number of hydrogen-bond donors (Lipinski definition) is 2. The maximum atomic E-state index is 12.2. The molecule has 1 unspecified atom stereocenters. The fraction of sp³-hybridized carbons (Fsp3) is 0.429. The first-order valence-corrected chi connectivity index (χ1v) is 6.36. The van der Waals surface area contributed by atoms with Crippen LogP contribution in [-0.4, -0.2) is 47.2 Å². The summed E-state index contributed by atoms with van der Waals surface area (Å²) in [6, 6.07) is 8.45. The van der Waals surface area contributed by atoms with Crippen molar-refractivity contribution in [2.75, 3.05) is 19.7 Å². The van der Waals surface area contributed by atoms with Crippen LogP contribution in [0, 0.1) is 0 Å². The van der Waals surface area contributed by atoms with Gasteiger partial charge in [0, 0.05) is 0 Å². The molecule has 1 atom stereocenters. The molecule has 0 aromatic heterocycles. The molecule has 2 rings (SSSR count). The lowest BCUT2D eigenvalue weighted by Crippen LogP contribution is -2.64. The number of nitrogens with two attached hydrogens (primary N) is 1. The maximum Gasteiger partial charge on any atom is 0.329 e. The third-order valence-corrected chi connectivity index (χ3v) is 3.33. The summed E-state index contributed by atoms with van der Waals surface area (Å²) in [5, 5.41) is 8.58. The molecule has 1 saturated heterocycles. The van der Waals surface area contributed by atoms with Gasteiger partial charge in [0.15, 0.2) is 0 Å². The van der Waals surface area contributed by atoms with E-state index in [0.29, 0.717) is 13.1 Å². The van der Waals surface area contributed by atoms with Crippen LogP contribution in [0.4, 0.5) is 0 Å². The second-order valence-corrected chi connectivity index (χ2v) is 5.21. The predicted molar refractivity (Wildman–Crippen MR) is 71.9 cm³/mol. The van der Waals surface area contributed by atoms with E-state index in [9.17, 15) is 9.59 Å². The zero-order chi connectivity index (χ0) is 14.8. The van der Waals surface area contributed by atoms with E-state index in [0.717, 1.165) is 5.56 Å². The zero-order valence-electron chi connectivity index (χ0n) is 11.3. The Labute approximate surface area is 117 Å². The zero-order valence-corrected chi connectivity index (χ0v) is 11.3. The molecule has 108 valence electrons. The topological polar surface area (TPSA) is 92.9 Å². The Hall–Kier alpha value is -1.92. The molecule has 6 heteroatoms. The minimum atomic E-state index is -1.02. The number of aliphatic carboxylic acids is 1. The first-order valence-electron chi connectivity index (χ1n) is 6.36. The van der Waals surface area contributed by atoms with E-state index < -0.39 is 17.6 Å². The normalized spacial score (nSPS) is 18.2. The molecule has 0 saturated carbocycles. The average Bonchev–Trinajstić information content (AvgIpc) is 2.41. The number of hydrogen-bond acceptors (Lipinski definition) is 4. The molecule has 1 aliphatic heterocycles. The maximum absolute atomic E-state index is 12.2. The van der Waals surface area contributed by atoms with Crippen LogP contribution in [0.5, 0.6) is 0 Å². The summed E-state index contributed by atoms with van der Waals surface area (Å²) >= 11 is 0. The fourth-order valence-corrected chi connectivity index (χ4v) is 2.24. The SMILES string of the molecule is CC1(OCC(=O)O)CN(C(=O)C(N)c2ccccc2)C1. The van der Waals surface area contributed by atoms with Gasteiger partial charge in [-0.15, -0.1) is 0 Å². The number of benzene rings is 1. The van der Waals surface area contributed by atoms with Gasteiger partial charge in [-0.25, -0.2) is 4.79 Å². The second-order valence-electron chi connectivity index (χ2n) is 5.21. The molecule has 0 radical (unpaired) electrons. The highest BCUT2D eigenvalue weighted by atomic mass is 16.5. The Kier molecular flexibility index (Phi) is 4.06. The van der Waals surface area contributed by atoms with Crippen LogP contribution in [0.15, 0.2) is 30.3 Å². The number of carboxylic acids is 1. The highest BCUT2D eigenvalue weighted by Gasteiger charge is 2.44. The summed E-state index contributed by atoms with van der Waals surface area (Å²) in [5.41, 5.74) is 6.10. The largest absolute Gasteiger partial charge is 0.480 e. The Morgan fingerprint density at radius 2 is 2.00 bits per heavy atom. The van der Waals surface area contributed by atoms with Gasteiger partial charge in [-0.2, -0.15) is 0 Å². The monoisotopic (exact) mass is 278 g/mol. The van der Waals surface area contributed by atoms with Crippen LogP contribution in [0.25, 0.3) is 0 Å². The van der Waals surface area contributed by atoms with Crippen LogP contribution in [0.1, 0.15) is 18.5 Å². The second kappa shape index (κ2) is 5.60. The van der Waals surface area contributed by atoms with Gasteiger partial charge in [-0.1, -0.05) is 30.3 Å². The molecule has 1 aliphatic rings. The molecular formula is C14H18N2O4. The van der Waals surface area contributed by atoms with Crippen LogP contribution in [0.3, 0.4) is 0 Å². The predicted octanol–water partition coefficient (Wildman–Crippen LogP) is 0.389. The Balaban J connectivity index is 1.89. The summed E-state index contributed by atoms with van der Waals surface area (Å²) in [4.78, 5) is 24.2. The van der Waals surface area contributed by atoms with Crippen LogP contribution in [-0.2, 0) is 14.3 Å². The minimum absolute atomic E-state index is 0.174. The number of ether oxygens (including phenoxy) is 1. The first kappa shape index (κ1) is 14.5. The van der Waals surface area contributed by atoms with Crippen molar-refractivity contribution >= 4 is 11.9 Å². The lowest BCUT2D eigenvalue weighted by Gasteiger charge is -2.48. The lowest BCUT2D eigenvalue weighted by molar-refractivity contribution is -0.174. The standard InChI is InChI=1S/C14H18N2O4/c1-14(20-7-11(17)18)8-16(9-14)13(19)12(15)10-5-3-2-4-6-10/h2-6,12H,7-9,15H2,1H3,(H,17,18). The van der Waals surface area contributed by atoms with Crippen molar-refractivity contribution in [1.29, 1.82) is 0 Å². The van der Waals surface area contributed by atoms with Gasteiger partial charge in [-0.3, -0.25) is 4.79 Å². The molecule has 0 aliphatic carbocycles. The molecule has 0 spiro atoms. The number of carbonyl (C=O) groups is 2. The summed E-state index contributed by atoms with van der Waals surface area (Å²) in [6.07, 6.45) is 0. The third kappa shape index (κ3) is 3.15. The van der Waals surface area contributed by atoms with Crippen LogP contribution >= 0.6 is 0 Å². The van der Waals surface area contributed by atoms with Crippen molar-refractivity contribution < 1.29 is 19.4 Å². The molecule has 6 nitrogen and oxygen atoms in total. The van der Waals surface area contributed by atoms with E-state index in [4.69, 9.17) is 15.6 Å². The summed E-state index contributed by atoms with van der Waals surface area (Å²) in [7, 11) is 0. The van der Waals surface area contributed by atoms with Crippen LogP contribution < -0.4 is 5.73 Å². The van der Waals surface area contributed by atoms with E-state index in [1.165, 1.54) is 0 Å². The van der Waals surface area contributed by atoms with Gasteiger partial charge < -0.3 is 20.5 Å². The van der Waals surface area contributed by atoms with Gasteiger partial charge in [0.25, 0.3) is 0 Å². The number of likely N-dealkylation sites (tertiary alicyclic amines) is 1. The van der Waals surface area contributed by atoms with E-state index in [2.05, 4.69) is 0 Å². The Morgan fingerprint density at radius 3 is 2.55 bits per heavy atom. The summed E-state index contributed by atoms with van der Waals surface area (Å²) < 4.78 is 5.26. The van der Waals surface area contributed by atoms with Crippen molar-refractivity contribution in [2.45, 2.75) is 18.6 Å². The molecule has 0 bridgehead atoms. The van der Waals surface area contributed by atoms with Crippen molar-refractivity contribution in [2.24, 2.45) is 5.73 Å². The van der Waals surface area contributed by atoms with Gasteiger partial charge in [0.1, 0.15) is 18.2 Å². The Bertz CT molecular complexity index is 497. The molecule has 20 heavy (non-hydrogen) atoms. The lowest BCUT2D eigenvalue weighted by atomic mass is 9.94. The van der Waals surface area contributed by atoms with E-state index in [-0.39, 0.29) is 12.5 Å². The van der Waals surface area contributed by atoms with E-state index >= 15 is 0 Å². The molecule has 1 aromatic carbocycles. The van der Waals surface area contributed by atoms with Gasteiger partial charge in [0.05, 0.1) is 13.1 Å². The van der Waals surface area contributed by atoms with Crippen molar-refractivity contribution in [3.63, 3.8) is 0 Å². The smallest absolute Gasteiger partial charge is 0.329 e. The molecule has 1 amide bonds.